The molecular weight excluding hydrogens is 229 g/mol. The minimum absolute atomic E-state index is 0.322. The molecule has 5 heteroatoms. The first-order chi connectivity index (χ1) is 8.03. The van der Waals surface area contributed by atoms with Crippen LogP contribution in [0.1, 0.15) is 6.92 Å². The number of para-hydroxylation sites is 1. The van der Waals surface area contributed by atoms with Crippen molar-refractivity contribution in [3.05, 3.63) is 30.3 Å². The molecule has 0 amide bonds. The molecule has 0 radical (unpaired) electrons. The molecule has 1 rings (SSSR count). The molecule has 1 aromatic carbocycles. The Balaban J connectivity index is 2.34. The number of likely N-dealkylation sites (N-methyl/N-ethyl adjacent to an activating group) is 1. The minimum Gasteiger partial charge on any atom is -0.371 e. The van der Waals surface area contributed by atoms with E-state index >= 15 is 0 Å². The van der Waals surface area contributed by atoms with Gasteiger partial charge >= 0.3 is 6.18 Å². The summed E-state index contributed by atoms with van der Waals surface area (Å²) in [6, 6.07) is 9.65. The van der Waals surface area contributed by atoms with E-state index in [4.69, 9.17) is 0 Å². The Bertz CT molecular complexity index is 311. The Morgan fingerprint density at radius 3 is 2.35 bits per heavy atom. The lowest BCUT2D eigenvalue weighted by atomic mass is 10.3. The smallest absolute Gasteiger partial charge is 0.371 e. The van der Waals surface area contributed by atoms with Crippen LogP contribution in [0, 0.1) is 0 Å². The van der Waals surface area contributed by atoms with E-state index in [0.29, 0.717) is 13.1 Å². The van der Waals surface area contributed by atoms with Crippen molar-refractivity contribution in [2.24, 2.45) is 0 Å². The monoisotopic (exact) mass is 246 g/mol. The molecule has 0 aliphatic rings. The molecule has 0 saturated heterocycles. The van der Waals surface area contributed by atoms with Gasteiger partial charge in [-0.2, -0.15) is 13.2 Å². The lowest BCUT2D eigenvalue weighted by molar-refractivity contribution is -0.124. The molecule has 0 aliphatic heterocycles. The van der Waals surface area contributed by atoms with Crippen molar-refractivity contribution in [2.75, 3.05) is 31.1 Å². The summed E-state index contributed by atoms with van der Waals surface area (Å²) in [5, 5.41) is 2.39. The number of benzene rings is 1. The molecule has 0 fully saturated rings. The van der Waals surface area contributed by atoms with Crippen molar-refractivity contribution in [1.29, 1.82) is 0 Å². The molecule has 0 bridgehead atoms. The molecule has 0 saturated carbocycles. The topological polar surface area (TPSA) is 15.3 Å². The highest BCUT2D eigenvalue weighted by Crippen LogP contribution is 2.13. The van der Waals surface area contributed by atoms with Gasteiger partial charge in [-0.3, -0.25) is 0 Å². The lowest BCUT2D eigenvalue weighted by Gasteiger charge is -2.23. The highest BCUT2D eigenvalue weighted by Gasteiger charge is 2.25. The average Bonchev–Trinajstić information content (AvgIpc) is 2.29. The van der Waals surface area contributed by atoms with Crippen molar-refractivity contribution in [3.63, 3.8) is 0 Å². The number of rotatable bonds is 6. The van der Waals surface area contributed by atoms with Crippen LogP contribution in [0.25, 0.3) is 0 Å². The maximum Gasteiger partial charge on any atom is 0.401 e. The number of anilines is 1. The first-order valence-corrected chi connectivity index (χ1v) is 5.60. The molecule has 2 nitrogen and oxygen atoms in total. The van der Waals surface area contributed by atoms with Gasteiger partial charge in [0, 0.05) is 25.3 Å². The van der Waals surface area contributed by atoms with Crippen LogP contribution in [0.4, 0.5) is 18.9 Å². The molecular formula is C12H17F3N2. The number of nitrogens with one attached hydrogen (secondary N) is 1. The molecule has 96 valence electrons. The molecule has 17 heavy (non-hydrogen) atoms. The van der Waals surface area contributed by atoms with Gasteiger partial charge < -0.3 is 10.2 Å². The van der Waals surface area contributed by atoms with Crippen molar-refractivity contribution in [3.8, 4) is 0 Å². The van der Waals surface area contributed by atoms with Crippen molar-refractivity contribution < 1.29 is 13.2 Å². The third kappa shape index (κ3) is 5.58. The fourth-order valence-electron chi connectivity index (χ4n) is 1.55. The highest BCUT2D eigenvalue weighted by atomic mass is 19.4. The number of nitrogens with zero attached hydrogens (tertiary/aromatic N) is 1. The zero-order valence-electron chi connectivity index (χ0n) is 9.80. The van der Waals surface area contributed by atoms with E-state index in [1.54, 1.807) is 0 Å². The van der Waals surface area contributed by atoms with Crippen molar-refractivity contribution in [2.45, 2.75) is 13.1 Å². The molecule has 0 spiro atoms. The van der Waals surface area contributed by atoms with Crippen LogP contribution in [0.2, 0.25) is 0 Å². The summed E-state index contributed by atoms with van der Waals surface area (Å²) in [5.41, 5.74) is 1.03. The Morgan fingerprint density at radius 1 is 1.18 bits per heavy atom. The normalized spacial score (nSPS) is 11.5. The van der Waals surface area contributed by atoms with E-state index in [0.717, 1.165) is 12.2 Å². The van der Waals surface area contributed by atoms with E-state index in [9.17, 15) is 13.2 Å². The Kier molecular flexibility index (Phi) is 5.28. The number of halogens is 3. The fraction of sp³-hybridized carbons (Fsp3) is 0.500. The second-order valence-corrected chi connectivity index (χ2v) is 3.71. The molecule has 0 aromatic heterocycles. The van der Waals surface area contributed by atoms with E-state index < -0.39 is 12.7 Å². The Labute approximate surface area is 99.4 Å². The zero-order chi connectivity index (χ0) is 12.7. The van der Waals surface area contributed by atoms with Crippen LogP contribution in [-0.2, 0) is 0 Å². The standard InChI is InChI=1S/C12H17F3N2/c1-2-17(11-6-4-3-5-7-11)9-8-16-10-12(13,14)15/h3-7,16H,2,8-10H2,1H3. The molecule has 0 atom stereocenters. The van der Waals surface area contributed by atoms with E-state index in [-0.39, 0.29) is 0 Å². The summed E-state index contributed by atoms with van der Waals surface area (Å²) in [6.07, 6.45) is -4.14. The van der Waals surface area contributed by atoms with Gasteiger partial charge in [-0.1, -0.05) is 18.2 Å². The first-order valence-electron chi connectivity index (χ1n) is 5.60. The second kappa shape index (κ2) is 6.49. The third-order valence-corrected chi connectivity index (χ3v) is 2.39. The summed E-state index contributed by atoms with van der Waals surface area (Å²) in [4.78, 5) is 2.03. The Hall–Kier alpha value is -1.23. The van der Waals surface area contributed by atoms with E-state index in [1.165, 1.54) is 0 Å². The SMILES string of the molecule is CCN(CCNCC(F)(F)F)c1ccccc1. The van der Waals surface area contributed by atoms with Gasteiger partial charge in [0.15, 0.2) is 0 Å². The van der Waals surface area contributed by atoms with Crippen molar-refractivity contribution in [1.82, 2.24) is 5.32 Å². The van der Waals surface area contributed by atoms with Crippen LogP contribution in [-0.4, -0.2) is 32.4 Å². The summed E-state index contributed by atoms with van der Waals surface area (Å²) in [6.45, 7) is 2.71. The van der Waals surface area contributed by atoms with E-state index in [2.05, 4.69) is 5.32 Å². The van der Waals surface area contributed by atoms with Crippen molar-refractivity contribution >= 4 is 5.69 Å². The maximum absolute atomic E-state index is 11.9. The second-order valence-electron chi connectivity index (χ2n) is 3.71. The maximum atomic E-state index is 11.9. The van der Waals surface area contributed by atoms with Crippen LogP contribution in [0.3, 0.4) is 0 Å². The summed E-state index contributed by atoms with van der Waals surface area (Å²) in [7, 11) is 0. The molecule has 0 unspecified atom stereocenters. The Morgan fingerprint density at radius 2 is 1.82 bits per heavy atom. The van der Waals surface area contributed by atoms with Gasteiger partial charge in [0.25, 0.3) is 0 Å². The quantitative estimate of drug-likeness (QED) is 0.776. The first kappa shape index (κ1) is 13.8. The number of hydrogen-bond acceptors (Lipinski definition) is 2. The minimum atomic E-state index is -4.14. The fourth-order valence-corrected chi connectivity index (χ4v) is 1.55. The van der Waals surface area contributed by atoms with Gasteiger partial charge in [0.1, 0.15) is 0 Å². The van der Waals surface area contributed by atoms with Gasteiger partial charge in [-0.15, -0.1) is 0 Å². The number of alkyl halides is 3. The van der Waals surface area contributed by atoms with Gasteiger partial charge in [-0.25, -0.2) is 0 Å². The summed E-state index contributed by atoms with van der Waals surface area (Å²) >= 11 is 0. The van der Waals surface area contributed by atoms with Crippen LogP contribution in [0.5, 0.6) is 0 Å². The summed E-state index contributed by atoms with van der Waals surface area (Å²) in [5.74, 6) is 0. The molecule has 1 aromatic rings. The van der Waals surface area contributed by atoms with E-state index in [1.807, 2.05) is 42.2 Å². The van der Waals surface area contributed by atoms with Crippen LogP contribution < -0.4 is 10.2 Å². The van der Waals surface area contributed by atoms with Gasteiger partial charge in [0.05, 0.1) is 6.54 Å². The van der Waals surface area contributed by atoms with Gasteiger partial charge in [0.2, 0.25) is 0 Å². The highest BCUT2D eigenvalue weighted by molar-refractivity contribution is 5.45. The number of hydrogen-bond donors (Lipinski definition) is 1. The average molecular weight is 246 g/mol. The lowest BCUT2D eigenvalue weighted by Crippen LogP contribution is -2.36. The third-order valence-electron chi connectivity index (χ3n) is 2.39. The molecule has 0 aliphatic carbocycles. The predicted molar refractivity (Wildman–Crippen MR) is 63.3 cm³/mol. The van der Waals surface area contributed by atoms with Crippen LogP contribution >= 0.6 is 0 Å². The predicted octanol–water partition coefficient (Wildman–Crippen LogP) is 2.66. The molecule has 0 heterocycles. The van der Waals surface area contributed by atoms with Crippen LogP contribution in [0.15, 0.2) is 30.3 Å². The largest absolute Gasteiger partial charge is 0.401 e. The van der Waals surface area contributed by atoms with Gasteiger partial charge in [-0.05, 0) is 19.1 Å². The summed E-state index contributed by atoms with van der Waals surface area (Å²) < 4.78 is 35.7. The zero-order valence-corrected chi connectivity index (χ0v) is 9.80. The molecule has 1 N–H and O–H groups in total.